The number of primary sulfonamides is 1. The fraction of sp³-hybridized carbons (Fsp3) is 0.222. The van der Waals surface area contributed by atoms with Crippen molar-refractivity contribution in [1.29, 1.82) is 0 Å². The van der Waals surface area contributed by atoms with Crippen molar-refractivity contribution in [1.82, 2.24) is 0 Å². The summed E-state index contributed by atoms with van der Waals surface area (Å²) in [5.41, 5.74) is -0.610. The van der Waals surface area contributed by atoms with Gasteiger partial charge in [-0.3, -0.25) is 0 Å². The molecule has 5 nitrogen and oxygen atoms in total. The zero-order valence-corrected chi connectivity index (χ0v) is 10.6. The quantitative estimate of drug-likeness (QED) is 0.676. The Bertz CT molecular complexity index is 603. The van der Waals surface area contributed by atoms with Crippen molar-refractivity contribution in [3.05, 3.63) is 28.3 Å². The Balaban J connectivity index is 3.60. The Kier molecular flexibility index (Phi) is 4.25. The van der Waals surface area contributed by atoms with E-state index in [4.69, 9.17) is 16.7 Å². The van der Waals surface area contributed by atoms with Crippen LogP contribution in [0.2, 0.25) is 5.02 Å². The molecule has 1 aromatic carbocycles. The van der Waals surface area contributed by atoms with Gasteiger partial charge in [0.05, 0.1) is 17.2 Å². The van der Waals surface area contributed by atoms with Gasteiger partial charge in [0, 0.05) is 0 Å². The molecular weight excluding hydrogens is 292 g/mol. The van der Waals surface area contributed by atoms with E-state index in [2.05, 4.69) is 4.74 Å². The fourth-order valence-corrected chi connectivity index (χ4v) is 2.43. The highest BCUT2D eigenvalue weighted by Crippen LogP contribution is 2.29. The van der Waals surface area contributed by atoms with Crippen molar-refractivity contribution in [3.63, 3.8) is 0 Å². The molecule has 18 heavy (non-hydrogen) atoms. The number of halogens is 3. The van der Waals surface area contributed by atoms with E-state index >= 15 is 0 Å². The summed E-state index contributed by atoms with van der Waals surface area (Å²) in [7, 11) is -4.61. The second-order valence-corrected chi connectivity index (χ2v) is 5.00. The number of esters is 1. The van der Waals surface area contributed by atoms with Crippen LogP contribution in [-0.4, -0.2) is 21.0 Å². The van der Waals surface area contributed by atoms with Crippen molar-refractivity contribution < 1.29 is 26.7 Å². The number of ether oxygens (including phenoxy) is 1. The first-order valence-electron chi connectivity index (χ1n) is 4.57. The van der Waals surface area contributed by atoms with Gasteiger partial charge in [-0.1, -0.05) is 11.6 Å². The van der Waals surface area contributed by atoms with Crippen molar-refractivity contribution in [2.45, 2.75) is 11.8 Å². The van der Waals surface area contributed by atoms with Gasteiger partial charge in [0.1, 0.15) is 4.90 Å². The number of carbonyl (C=O) groups is 1. The zero-order chi connectivity index (χ0) is 14.1. The highest BCUT2D eigenvalue weighted by Gasteiger charge is 2.28. The lowest BCUT2D eigenvalue weighted by Gasteiger charge is -2.09. The summed E-state index contributed by atoms with van der Waals surface area (Å²) in [6.45, 7) is 1.44. The molecule has 0 saturated heterocycles. The molecule has 0 unspecified atom stereocenters. The van der Waals surface area contributed by atoms with Gasteiger partial charge in [-0.05, 0) is 13.0 Å². The molecule has 0 aliphatic carbocycles. The molecule has 0 fully saturated rings. The molecule has 9 heteroatoms. The van der Waals surface area contributed by atoms with Gasteiger partial charge in [-0.25, -0.2) is 27.1 Å². The first-order chi connectivity index (χ1) is 8.20. The van der Waals surface area contributed by atoms with Crippen LogP contribution in [-0.2, 0) is 14.8 Å². The highest BCUT2D eigenvalue weighted by atomic mass is 35.5. The number of hydrogen-bond donors (Lipinski definition) is 1. The van der Waals surface area contributed by atoms with Gasteiger partial charge < -0.3 is 4.74 Å². The van der Waals surface area contributed by atoms with Crippen molar-refractivity contribution in [2.24, 2.45) is 5.14 Å². The molecule has 0 spiro atoms. The Morgan fingerprint density at radius 2 is 2.06 bits per heavy atom. The van der Waals surface area contributed by atoms with Gasteiger partial charge in [0.25, 0.3) is 0 Å². The lowest BCUT2D eigenvalue weighted by atomic mass is 10.2. The molecule has 100 valence electrons. The van der Waals surface area contributed by atoms with Crippen molar-refractivity contribution >= 4 is 27.6 Å². The maximum atomic E-state index is 13.3. The standard InChI is InChI=1S/C9H8ClF2NO4S/c1-2-17-9(14)4-3-5(11)7(12)8(6(4)10)18(13,15)16/h3H,2H2,1H3,(H2,13,15,16). The number of rotatable bonds is 3. The summed E-state index contributed by atoms with van der Waals surface area (Å²) in [5, 5.41) is 3.89. The maximum absolute atomic E-state index is 13.3. The lowest BCUT2D eigenvalue weighted by molar-refractivity contribution is 0.0525. The van der Waals surface area contributed by atoms with E-state index in [1.54, 1.807) is 0 Å². The minimum absolute atomic E-state index is 0.0428. The molecule has 0 aromatic heterocycles. The van der Waals surface area contributed by atoms with Gasteiger partial charge >= 0.3 is 5.97 Å². The van der Waals surface area contributed by atoms with Crippen LogP contribution in [0.5, 0.6) is 0 Å². The van der Waals surface area contributed by atoms with Crippen LogP contribution in [0.3, 0.4) is 0 Å². The first-order valence-corrected chi connectivity index (χ1v) is 6.50. The summed E-state index contributed by atoms with van der Waals surface area (Å²) in [6, 6.07) is 0.449. The van der Waals surface area contributed by atoms with Crippen LogP contribution < -0.4 is 5.14 Å². The van der Waals surface area contributed by atoms with Crippen molar-refractivity contribution in [2.75, 3.05) is 6.61 Å². The van der Waals surface area contributed by atoms with Crippen LogP contribution in [0, 0.1) is 11.6 Å². The average Bonchev–Trinajstić information content (AvgIpc) is 2.22. The van der Waals surface area contributed by atoms with E-state index in [1.807, 2.05) is 0 Å². The zero-order valence-electron chi connectivity index (χ0n) is 9.04. The fourth-order valence-electron chi connectivity index (χ4n) is 1.19. The van der Waals surface area contributed by atoms with Gasteiger partial charge in [0.15, 0.2) is 11.6 Å². The molecule has 0 radical (unpaired) electrons. The molecule has 0 heterocycles. The highest BCUT2D eigenvalue weighted by molar-refractivity contribution is 7.89. The summed E-state index contributed by atoms with van der Waals surface area (Å²) in [5.74, 6) is -4.38. The van der Waals surface area contributed by atoms with E-state index in [9.17, 15) is 22.0 Å². The van der Waals surface area contributed by atoms with Crippen LogP contribution >= 0.6 is 11.6 Å². The average molecular weight is 300 g/mol. The molecule has 2 N–H and O–H groups in total. The smallest absolute Gasteiger partial charge is 0.339 e. The maximum Gasteiger partial charge on any atom is 0.339 e. The second kappa shape index (κ2) is 5.17. The minimum Gasteiger partial charge on any atom is -0.462 e. The summed E-state index contributed by atoms with van der Waals surface area (Å²) < 4.78 is 53.2. The van der Waals surface area contributed by atoms with Crippen LogP contribution in [0.25, 0.3) is 0 Å². The third-order valence-electron chi connectivity index (χ3n) is 1.90. The molecule has 0 atom stereocenters. The normalized spacial score (nSPS) is 11.4. The topological polar surface area (TPSA) is 86.5 Å². The monoisotopic (exact) mass is 299 g/mol. The number of hydrogen-bond acceptors (Lipinski definition) is 4. The molecule has 0 bridgehead atoms. The van der Waals surface area contributed by atoms with Gasteiger partial charge in [-0.15, -0.1) is 0 Å². The number of nitrogens with two attached hydrogens (primary N) is 1. The van der Waals surface area contributed by atoms with E-state index in [0.717, 1.165) is 0 Å². The van der Waals surface area contributed by atoms with E-state index < -0.39 is 43.1 Å². The predicted octanol–water partition coefficient (Wildman–Crippen LogP) is 1.44. The van der Waals surface area contributed by atoms with E-state index in [-0.39, 0.29) is 6.61 Å². The largest absolute Gasteiger partial charge is 0.462 e. The minimum atomic E-state index is -4.61. The molecule has 0 aliphatic rings. The summed E-state index contributed by atoms with van der Waals surface area (Å²) >= 11 is 5.53. The molecule has 0 aliphatic heterocycles. The van der Waals surface area contributed by atoms with E-state index in [0.29, 0.717) is 6.07 Å². The van der Waals surface area contributed by atoms with E-state index in [1.165, 1.54) is 6.92 Å². The summed E-state index contributed by atoms with van der Waals surface area (Å²) in [6.07, 6.45) is 0. The Morgan fingerprint density at radius 1 is 1.50 bits per heavy atom. The van der Waals surface area contributed by atoms with Crippen LogP contribution in [0.15, 0.2) is 11.0 Å². The SMILES string of the molecule is CCOC(=O)c1cc(F)c(F)c(S(N)(=O)=O)c1Cl. The second-order valence-electron chi connectivity index (χ2n) is 3.13. The third-order valence-corrected chi connectivity index (χ3v) is 3.35. The van der Waals surface area contributed by atoms with Gasteiger partial charge in [-0.2, -0.15) is 0 Å². The number of benzene rings is 1. The number of sulfonamides is 1. The Labute approximate surface area is 107 Å². The first kappa shape index (κ1) is 14.8. The van der Waals surface area contributed by atoms with Crippen LogP contribution in [0.4, 0.5) is 8.78 Å². The summed E-state index contributed by atoms with van der Waals surface area (Å²) in [4.78, 5) is 10.1. The lowest BCUT2D eigenvalue weighted by Crippen LogP contribution is -2.18. The Hall–Kier alpha value is -1.25. The molecule has 0 amide bonds. The van der Waals surface area contributed by atoms with Gasteiger partial charge in [0.2, 0.25) is 10.0 Å². The van der Waals surface area contributed by atoms with Crippen molar-refractivity contribution in [3.8, 4) is 0 Å². The third kappa shape index (κ3) is 2.77. The molecule has 1 rings (SSSR count). The molecule has 0 saturated carbocycles. The number of carbonyl (C=O) groups excluding carboxylic acids is 1. The molecular formula is C9H8ClF2NO4S. The van der Waals surface area contributed by atoms with Crippen LogP contribution in [0.1, 0.15) is 17.3 Å². The Morgan fingerprint density at radius 3 is 2.50 bits per heavy atom. The molecule has 1 aromatic rings. The predicted molar refractivity (Wildman–Crippen MR) is 58.7 cm³/mol.